The minimum absolute atomic E-state index is 0.117. The molecule has 0 aliphatic carbocycles. The van der Waals surface area contributed by atoms with Crippen molar-refractivity contribution in [3.63, 3.8) is 0 Å². The molecule has 1 aromatic rings. The standard InChI is InChI=1S/C14H17BrO6/c1-5-19-9-7-6-8(15)11(10(9)12(16)17)20-13(18)21-14(2,3)4/h6-7H,5H2,1-4H3,(H,16,17). The summed E-state index contributed by atoms with van der Waals surface area (Å²) in [4.78, 5) is 23.1. The molecule has 0 aliphatic rings. The Morgan fingerprint density at radius 2 is 1.90 bits per heavy atom. The van der Waals surface area contributed by atoms with E-state index in [4.69, 9.17) is 14.2 Å². The number of carboxylic acid groups (broad SMARTS) is 1. The van der Waals surface area contributed by atoms with Gasteiger partial charge in [0.1, 0.15) is 16.9 Å². The second kappa shape index (κ2) is 6.80. The third kappa shape index (κ3) is 4.93. The zero-order valence-electron chi connectivity index (χ0n) is 12.2. The zero-order valence-corrected chi connectivity index (χ0v) is 13.8. The summed E-state index contributed by atoms with van der Waals surface area (Å²) < 4.78 is 15.6. The zero-order chi connectivity index (χ0) is 16.2. The molecule has 0 aliphatic heterocycles. The Morgan fingerprint density at radius 3 is 2.38 bits per heavy atom. The Labute approximate surface area is 131 Å². The van der Waals surface area contributed by atoms with E-state index in [2.05, 4.69) is 15.9 Å². The normalized spacial score (nSPS) is 10.9. The van der Waals surface area contributed by atoms with Crippen molar-refractivity contribution in [1.82, 2.24) is 0 Å². The number of ether oxygens (including phenoxy) is 3. The summed E-state index contributed by atoms with van der Waals surface area (Å²) in [7, 11) is 0. The summed E-state index contributed by atoms with van der Waals surface area (Å²) in [5.74, 6) is -1.30. The second-order valence-electron chi connectivity index (χ2n) is 5.05. The van der Waals surface area contributed by atoms with Gasteiger partial charge in [-0.25, -0.2) is 9.59 Å². The minimum Gasteiger partial charge on any atom is -0.493 e. The Hall–Kier alpha value is -1.76. The SMILES string of the molecule is CCOc1ccc(Br)c(OC(=O)OC(C)(C)C)c1C(=O)O. The first-order valence-corrected chi connectivity index (χ1v) is 7.04. The second-order valence-corrected chi connectivity index (χ2v) is 5.91. The fraction of sp³-hybridized carbons (Fsp3) is 0.429. The molecule has 1 N–H and O–H groups in total. The lowest BCUT2D eigenvalue weighted by Crippen LogP contribution is -2.26. The van der Waals surface area contributed by atoms with Gasteiger partial charge < -0.3 is 19.3 Å². The monoisotopic (exact) mass is 360 g/mol. The van der Waals surface area contributed by atoms with E-state index in [9.17, 15) is 14.7 Å². The highest BCUT2D eigenvalue weighted by Gasteiger charge is 2.25. The Kier molecular flexibility index (Phi) is 5.60. The summed E-state index contributed by atoms with van der Waals surface area (Å²) in [6, 6.07) is 3.02. The molecule has 0 amide bonds. The summed E-state index contributed by atoms with van der Waals surface area (Å²) in [6.45, 7) is 7.05. The van der Waals surface area contributed by atoms with Gasteiger partial charge in [-0.3, -0.25) is 0 Å². The molecule has 6 nitrogen and oxygen atoms in total. The lowest BCUT2D eigenvalue weighted by molar-refractivity contribution is 0.0202. The molecule has 0 radical (unpaired) electrons. The van der Waals surface area contributed by atoms with Crippen LogP contribution in [-0.2, 0) is 4.74 Å². The van der Waals surface area contributed by atoms with E-state index >= 15 is 0 Å². The maximum Gasteiger partial charge on any atom is 0.514 e. The molecule has 1 aromatic carbocycles. The smallest absolute Gasteiger partial charge is 0.493 e. The number of halogens is 1. The minimum atomic E-state index is -1.27. The molecule has 0 spiro atoms. The van der Waals surface area contributed by atoms with E-state index in [0.29, 0.717) is 4.47 Å². The van der Waals surface area contributed by atoms with Crippen LogP contribution in [0.4, 0.5) is 4.79 Å². The predicted octanol–water partition coefficient (Wildman–Crippen LogP) is 3.86. The van der Waals surface area contributed by atoms with Gasteiger partial charge in [-0.15, -0.1) is 0 Å². The van der Waals surface area contributed by atoms with Crippen LogP contribution in [0.1, 0.15) is 38.1 Å². The van der Waals surface area contributed by atoms with Crippen molar-refractivity contribution < 1.29 is 28.9 Å². The van der Waals surface area contributed by atoms with Crippen LogP contribution in [-0.4, -0.2) is 29.4 Å². The molecule has 1 rings (SSSR count). The van der Waals surface area contributed by atoms with Crippen LogP contribution in [0, 0.1) is 0 Å². The van der Waals surface area contributed by atoms with Gasteiger partial charge in [-0.1, -0.05) is 0 Å². The number of aromatic carboxylic acids is 1. The van der Waals surface area contributed by atoms with Gasteiger partial charge in [0.15, 0.2) is 5.75 Å². The van der Waals surface area contributed by atoms with Crippen molar-refractivity contribution in [2.24, 2.45) is 0 Å². The van der Waals surface area contributed by atoms with Crippen LogP contribution in [0.5, 0.6) is 11.5 Å². The first-order valence-electron chi connectivity index (χ1n) is 6.25. The van der Waals surface area contributed by atoms with Crippen LogP contribution < -0.4 is 9.47 Å². The van der Waals surface area contributed by atoms with Crippen LogP contribution >= 0.6 is 15.9 Å². The lowest BCUT2D eigenvalue weighted by Gasteiger charge is -2.20. The lowest BCUT2D eigenvalue weighted by atomic mass is 10.2. The van der Waals surface area contributed by atoms with E-state index in [1.807, 2.05) is 0 Å². The summed E-state index contributed by atoms with van der Waals surface area (Å²) >= 11 is 3.16. The van der Waals surface area contributed by atoms with Crippen LogP contribution in [0.15, 0.2) is 16.6 Å². The molecule has 0 atom stereocenters. The molecule has 0 saturated heterocycles. The number of carbonyl (C=O) groups is 2. The van der Waals surface area contributed by atoms with Crippen molar-refractivity contribution in [3.05, 3.63) is 22.2 Å². The quantitative estimate of drug-likeness (QED) is 0.648. The topological polar surface area (TPSA) is 82.1 Å². The molecular weight excluding hydrogens is 344 g/mol. The molecule has 116 valence electrons. The Morgan fingerprint density at radius 1 is 1.29 bits per heavy atom. The van der Waals surface area contributed by atoms with E-state index in [0.717, 1.165) is 0 Å². The van der Waals surface area contributed by atoms with E-state index in [-0.39, 0.29) is 23.7 Å². The number of carbonyl (C=O) groups excluding carboxylic acids is 1. The third-order valence-corrected chi connectivity index (χ3v) is 2.78. The van der Waals surface area contributed by atoms with Gasteiger partial charge in [-0.05, 0) is 55.8 Å². The first kappa shape index (κ1) is 17.3. The third-order valence-electron chi connectivity index (χ3n) is 2.16. The van der Waals surface area contributed by atoms with Crippen molar-refractivity contribution in [2.45, 2.75) is 33.3 Å². The van der Waals surface area contributed by atoms with Crippen molar-refractivity contribution in [3.8, 4) is 11.5 Å². The van der Waals surface area contributed by atoms with E-state index in [1.54, 1.807) is 27.7 Å². The maximum absolute atomic E-state index is 11.7. The molecule has 0 aromatic heterocycles. The Bertz CT molecular complexity index is 547. The highest BCUT2D eigenvalue weighted by Crippen LogP contribution is 2.36. The Balaban J connectivity index is 3.18. The molecular formula is C14H17BrO6. The highest BCUT2D eigenvalue weighted by atomic mass is 79.9. The van der Waals surface area contributed by atoms with Crippen molar-refractivity contribution >= 4 is 28.1 Å². The molecule has 21 heavy (non-hydrogen) atoms. The van der Waals surface area contributed by atoms with Gasteiger partial charge in [0.25, 0.3) is 0 Å². The fourth-order valence-corrected chi connectivity index (χ4v) is 1.88. The van der Waals surface area contributed by atoms with Gasteiger partial charge >= 0.3 is 12.1 Å². The molecule has 7 heteroatoms. The molecule has 0 fully saturated rings. The van der Waals surface area contributed by atoms with Crippen LogP contribution in [0.3, 0.4) is 0 Å². The molecule has 0 heterocycles. The van der Waals surface area contributed by atoms with Crippen molar-refractivity contribution in [1.29, 1.82) is 0 Å². The largest absolute Gasteiger partial charge is 0.514 e. The fourth-order valence-electron chi connectivity index (χ4n) is 1.47. The number of rotatable bonds is 4. The molecule has 0 saturated carbocycles. The maximum atomic E-state index is 11.7. The van der Waals surface area contributed by atoms with E-state index < -0.39 is 17.7 Å². The van der Waals surface area contributed by atoms with Gasteiger partial charge in [-0.2, -0.15) is 0 Å². The summed E-state index contributed by atoms with van der Waals surface area (Å²) in [5.41, 5.74) is -0.984. The number of hydrogen-bond acceptors (Lipinski definition) is 5. The average Bonchev–Trinajstić information content (AvgIpc) is 2.30. The first-order chi connectivity index (χ1) is 9.65. The van der Waals surface area contributed by atoms with Gasteiger partial charge in [0.2, 0.25) is 0 Å². The summed E-state index contributed by atoms with van der Waals surface area (Å²) in [6.07, 6.45) is -0.987. The number of benzene rings is 1. The molecule has 0 bridgehead atoms. The van der Waals surface area contributed by atoms with Gasteiger partial charge in [0, 0.05) is 0 Å². The summed E-state index contributed by atoms with van der Waals surface area (Å²) in [5, 5.41) is 9.31. The van der Waals surface area contributed by atoms with Crippen LogP contribution in [0.25, 0.3) is 0 Å². The van der Waals surface area contributed by atoms with E-state index in [1.165, 1.54) is 12.1 Å². The number of carboxylic acids is 1. The van der Waals surface area contributed by atoms with Crippen LogP contribution in [0.2, 0.25) is 0 Å². The predicted molar refractivity (Wildman–Crippen MR) is 79.1 cm³/mol. The average molecular weight is 361 g/mol. The number of hydrogen-bond donors (Lipinski definition) is 1. The molecule has 0 unspecified atom stereocenters. The highest BCUT2D eigenvalue weighted by molar-refractivity contribution is 9.10. The van der Waals surface area contributed by atoms with Gasteiger partial charge in [0.05, 0.1) is 11.1 Å². The van der Waals surface area contributed by atoms with Crippen molar-refractivity contribution in [2.75, 3.05) is 6.61 Å².